The Morgan fingerprint density at radius 3 is 1.92 bits per heavy atom. The van der Waals surface area contributed by atoms with E-state index in [0.29, 0.717) is 0 Å². The van der Waals surface area contributed by atoms with Gasteiger partial charge in [0, 0.05) is 6.04 Å². The lowest BCUT2D eigenvalue weighted by atomic mass is 10.2. The molecule has 0 aliphatic heterocycles. The molecule has 2 unspecified atom stereocenters. The van der Waals surface area contributed by atoms with E-state index in [9.17, 15) is 0 Å². The summed E-state index contributed by atoms with van der Waals surface area (Å²) in [5.74, 6) is 0. The molecule has 0 fully saturated rings. The SMILES string of the molecule is C=C/C=C\C=C/C.CC(N)C(C)O. The molecule has 0 aromatic heterocycles. The van der Waals surface area contributed by atoms with Crippen LogP contribution >= 0.6 is 0 Å². The molecule has 0 spiro atoms. The summed E-state index contributed by atoms with van der Waals surface area (Å²) >= 11 is 0. The molecule has 0 aliphatic carbocycles. The molecule has 0 radical (unpaired) electrons. The highest BCUT2D eigenvalue weighted by Gasteiger charge is 1.97. The summed E-state index contributed by atoms with van der Waals surface area (Å²) in [5.41, 5.74) is 5.19. The largest absolute Gasteiger partial charge is 0.392 e. The summed E-state index contributed by atoms with van der Waals surface area (Å²) in [6.07, 6.45) is 9.14. The lowest BCUT2D eigenvalue weighted by Gasteiger charge is -2.04. The van der Waals surface area contributed by atoms with E-state index in [2.05, 4.69) is 6.58 Å². The smallest absolute Gasteiger partial charge is 0.0660 e. The van der Waals surface area contributed by atoms with Crippen molar-refractivity contribution in [1.29, 1.82) is 0 Å². The third kappa shape index (κ3) is 18.3. The molecule has 76 valence electrons. The molecule has 0 bridgehead atoms. The molecule has 0 aromatic rings. The van der Waals surface area contributed by atoms with Crippen molar-refractivity contribution in [3.05, 3.63) is 37.0 Å². The summed E-state index contributed by atoms with van der Waals surface area (Å²) < 4.78 is 0. The maximum Gasteiger partial charge on any atom is 0.0660 e. The summed E-state index contributed by atoms with van der Waals surface area (Å²) in [5, 5.41) is 8.50. The first-order chi connectivity index (χ1) is 6.06. The van der Waals surface area contributed by atoms with Gasteiger partial charge in [0.2, 0.25) is 0 Å². The topological polar surface area (TPSA) is 46.2 Å². The fraction of sp³-hybridized carbons (Fsp3) is 0.455. The Morgan fingerprint density at radius 1 is 1.23 bits per heavy atom. The molecule has 0 heterocycles. The van der Waals surface area contributed by atoms with Gasteiger partial charge in [-0.25, -0.2) is 0 Å². The van der Waals surface area contributed by atoms with Gasteiger partial charge in [-0.3, -0.25) is 0 Å². The van der Waals surface area contributed by atoms with Crippen molar-refractivity contribution in [2.45, 2.75) is 32.9 Å². The number of aliphatic hydroxyl groups is 1. The van der Waals surface area contributed by atoms with Gasteiger partial charge < -0.3 is 10.8 Å². The summed E-state index contributed by atoms with van der Waals surface area (Å²) in [4.78, 5) is 0. The molecular weight excluding hydrogens is 162 g/mol. The highest BCUT2D eigenvalue weighted by molar-refractivity contribution is 5.07. The highest BCUT2D eigenvalue weighted by Crippen LogP contribution is 1.81. The third-order valence-corrected chi connectivity index (χ3v) is 1.31. The monoisotopic (exact) mass is 183 g/mol. The van der Waals surface area contributed by atoms with Crippen LogP contribution in [0.5, 0.6) is 0 Å². The quantitative estimate of drug-likeness (QED) is 0.657. The van der Waals surface area contributed by atoms with Crippen molar-refractivity contribution in [1.82, 2.24) is 0 Å². The molecule has 3 N–H and O–H groups in total. The zero-order chi connectivity index (χ0) is 10.7. The number of hydrogen-bond donors (Lipinski definition) is 2. The fourth-order valence-electron chi connectivity index (χ4n) is 0.254. The van der Waals surface area contributed by atoms with Crippen LogP contribution in [-0.4, -0.2) is 17.3 Å². The van der Waals surface area contributed by atoms with E-state index in [1.807, 2.05) is 31.2 Å². The third-order valence-electron chi connectivity index (χ3n) is 1.31. The maximum absolute atomic E-state index is 8.50. The van der Waals surface area contributed by atoms with Crippen LogP contribution in [0.3, 0.4) is 0 Å². The summed E-state index contributed by atoms with van der Waals surface area (Å²) in [6.45, 7) is 8.93. The lowest BCUT2D eigenvalue weighted by molar-refractivity contribution is 0.170. The summed E-state index contributed by atoms with van der Waals surface area (Å²) in [7, 11) is 0. The molecule has 13 heavy (non-hydrogen) atoms. The van der Waals surface area contributed by atoms with E-state index in [-0.39, 0.29) is 12.1 Å². The van der Waals surface area contributed by atoms with Crippen LogP contribution in [-0.2, 0) is 0 Å². The molecule has 0 rings (SSSR count). The lowest BCUT2D eigenvalue weighted by Crippen LogP contribution is -2.28. The van der Waals surface area contributed by atoms with Crippen LogP contribution in [0.15, 0.2) is 37.0 Å². The second-order valence-electron chi connectivity index (χ2n) is 2.75. The normalized spacial score (nSPS) is 15.2. The second-order valence-corrected chi connectivity index (χ2v) is 2.75. The first-order valence-electron chi connectivity index (χ1n) is 4.40. The number of allylic oxidation sites excluding steroid dienone is 5. The molecule has 2 heteroatoms. The van der Waals surface area contributed by atoms with Crippen LogP contribution < -0.4 is 5.73 Å². The summed E-state index contributed by atoms with van der Waals surface area (Å²) in [6, 6.07) is -0.0926. The molecule has 0 saturated carbocycles. The van der Waals surface area contributed by atoms with E-state index in [1.54, 1.807) is 19.9 Å². The average Bonchev–Trinajstić information content (AvgIpc) is 2.06. The molecule has 0 saturated heterocycles. The van der Waals surface area contributed by atoms with Crippen molar-refractivity contribution < 1.29 is 5.11 Å². The number of nitrogens with two attached hydrogens (primary N) is 1. The Labute approximate surface area is 81.5 Å². The minimum atomic E-state index is -0.370. The zero-order valence-corrected chi connectivity index (χ0v) is 8.77. The molecular formula is C11H21NO. The minimum absolute atomic E-state index is 0.0926. The average molecular weight is 183 g/mol. The van der Waals surface area contributed by atoms with Gasteiger partial charge >= 0.3 is 0 Å². The Morgan fingerprint density at radius 2 is 1.69 bits per heavy atom. The van der Waals surface area contributed by atoms with Gasteiger partial charge in [0.1, 0.15) is 0 Å². The van der Waals surface area contributed by atoms with E-state index in [1.165, 1.54) is 0 Å². The van der Waals surface area contributed by atoms with Gasteiger partial charge in [0.05, 0.1) is 6.10 Å². The minimum Gasteiger partial charge on any atom is -0.392 e. The fourth-order valence-corrected chi connectivity index (χ4v) is 0.254. The van der Waals surface area contributed by atoms with Crippen LogP contribution in [0.2, 0.25) is 0 Å². The Hall–Kier alpha value is -0.860. The second kappa shape index (κ2) is 11.1. The number of aliphatic hydroxyl groups excluding tert-OH is 1. The van der Waals surface area contributed by atoms with Gasteiger partial charge in [-0.1, -0.05) is 37.0 Å². The predicted octanol–water partition coefficient (Wildman–Crippen LogP) is 2.02. The molecule has 2 nitrogen and oxygen atoms in total. The van der Waals surface area contributed by atoms with Crippen LogP contribution in [0.4, 0.5) is 0 Å². The number of rotatable bonds is 3. The van der Waals surface area contributed by atoms with E-state index in [4.69, 9.17) is 10.8 Å². The maximum atomic E-state index is 8.50. The van der Waals surface area contributed by atoms with Gasteiger partial charge in [-0.15, -0.1) is 0 Å². The molecule has 2 atom stereocenters. The van der Waals surface area contributed by atoms with Gasteiger partial charge in [-0.2, -0.15) is 0 Å². The van der Waals surface area contributed by atoms with Crippen LogP contribution in [0.25, 0.3) is 0 Å². The van der Waals surface area contributed by atoms with E-state index in [0.717, 1.165) is 0 Å². The van der Waals surface area contributed by atoms with Crippen molar-refractivity contribution in [2.24, 2.45) is 5.73 Å². The van der Waals surface area contributed by atoms with E-state index >= 15 is 0 Å². The molecule has 0 aliphatic rings. The van der Waals surface area contributed by atoms with Gasteiger partial charge in [-0.05, 0) is 20.8 Å². The van der Waals surface area contributed by atoms with Crippen molar-refractivity contribution in [2.75, 3.05) is 0 Å². The van der Waals surface area contributed by atoms with E-state index < -0.39 is 0 Å². The first kappa shape index (κ1) is 14.7. The van der Waals surface area contributed by atoms with Crippen molar-refractivity contribution >= 4 is 0 Å². The zero-order valence-electron chi connectivity index (χ0n) is 8.77. The first-order valence-corrected chi connectivity index (χ1v) is 4.40. The molecule has 0 aromatic carbocycles. The standard InChI is InChI=1S/C7H10.C4H11NO/c1-3-5-7-6-4-2;1-3(5)4(2)6/h3-7H,1H2,2H3;3-4,6H,5H2,1-2H3/b6-4-,7-5-;. The molecule has 0 amide bonds. The van der Waals surface area contributed by atoms with Crippen LogP contribution in [0, 0.1) is 0 Å². The Bertz CT molecular complexity index is 151. The van der Waals surface area contributed by atoms with Crippen LogP contribution in [0.1, 0.15) is 20.8 Å². The Balaban J connectivity index is 0. The Kier molecular flexibility index (Phi) is 12.6. The van der Waals surface area contributed by atoms with Gasteiger partial charge in [0.15, 0.2) is 0 Å². The number of hydrogen-bond acceptors (Lipinski definition) is 2. The van der Waals surface area contributed by atoms with Gasteiger partial charge in [0.25, 0.3) is 0 Å². The van der Waals surface area contributed by atoms with Crippen molar-refractivity contribution in [3.8, 4) is 0 Å². The highest BCUT2D eigenvalue weighted by atomic mass is 16.3. The van der Waals surface area contributed by atoms with Crippen molar-refractivity contribution in [3.63, 3.8) is 0 Å². The predicted molar refractivity (Wildman–Crippen MR) is 59.5 cm³/mol.